The summed E-state index contributed by atoms with van der Waals surface area (Å²) in [4.78, 5) is 15.6. The largest absolute Gasteiger partial charge is 0.462 e. The summed E-state index contributed by atoms with van der Waals surface area (Å²) in [6.07, 6.45) is 8.77. The molecule has 55 heavy (non-hydrogen) atoms. The van der Waals surface area contributed by atoms with Crippen LogP contribution in [0.1, 0.15) is 57.4 Å². The second-order valence-corrected chi connectivity index (χ2v) is 13.8. The first-order valence-electron chi connectivity index (χ1n) is 18.9. The molecule has 15 heteroatoms. The minimum Gasteiger partial charge on any atom is -0.462 e. The van der Waals surface area contributed by atoms with Gasteiger partial charge in [-0.25, -0.2) is 0 Å². The zero-order valence-electron chi connectivity index (χ0n) is 31.2. The van der Waals surface area contributed by atoms with Gasteiger partial charge in [-0.3, -0.25) is 4.79 Å². The minimum atomic E-state index is -1.68. The molecule has 2 aliphatic heterocycles. The SMILES string of the molecule is CC(O)/C=C\C/C=C\C/C=C\C/C=C\CCCCC(=O)NCCc1c[nH]c2ccc(O[C@@H]3O[C@H](CO[C@@H]4O[C@H](CO)[C@@H](O)[C@H](O)[C@H]4O)[C@@H](O)[C@H](O)[C@H]3O)cc12. The van der Waals surface area contributed by atoms with Crippen LogP contribution in [0.4, 0.5) is 0 Å². The van der Waals surface area contributed by atoms with Crippen LogP contribution >= 0.6 is 0 Å². The summed E-state index contributed by atoms with van der Waals surface area (Å²) in [5.74, 6) is 0.286. The Morgan fingerprint density at radius 3 is 2.16 bits per heavy atom. The maximum absolute atomic E-state index is 12.5. The molecule has 3 heterocycles. The Kier molecular flexibility index (Phi) is 18.5. The summed E-state index contributed by atoms with van der Waals surface area (Å²) in [5, 5.41) is 84.4. The third-order valence-electron chi connectivity index (χ3n) is 9.41. The molecule has 306 valence electrons. The molecule has 0 radical (unpaired) electrons. The van der Waals surface area contributed by atoms with E-state index in [1.165, 1.54) is 0 Å². The highest BCUT2D eigenvalue weighted by Crippen LogP contribution is 2.29. The van der Waals surface area contributed by atoms with E-state index >= 15 is 0 Å². The van der Waals surface area contributed by atoms with Crippen molar-refractivity contribution in [2.75, 3.05) is 19.8 Å². The van der Waals surface area contributed by atoms with Crippen molar-refractivity contribution in [1.82, 2.24) is 10.3 Å². The molecule has 4 rings (SSSR count). The van der Waals surface area contributed by atoms with Gasteiger partial charge in [-0.2, -0.15) is 0 Å². The normalized spacial score (nSPS) is 29.6. The Labute approximate surface area is 321 Å². The predicted octanol–water partition coefficient (Wildman–Crippen LogP) is 1.17. The maximum Gasteiger partial charge on any atom is 0.229 e. The number of H-pyrrole nitrogens is 1. The lowest BCUT2D eigenvalue weighted by Crippen LogP contribution is -2.62. The zero-order valence-corrected chi connectivity index (χ0v) is 31.2. The molecule has 1 aromatic heterocycles. The number of aromatic nitrogens is 1. The molecule has 0 saturated carbocycles. The lowest BCUT2D eigenvalue weighted by Gasteiger charge is -2.42. The van der Waals surface area contributed by atoms with Gasteiger partial charge in [0.15, 0.2) is 6.29 Å². The number of unbranched alkanes of at least 4 members (excludes halogenated alkanes) is 2. The molecule has 2 saturated heterocycles. The van der Waals surface area contributed by atoms with Crippen LogP contribution in [-0.4, -0.2) is 139 Å². The zero-order chi connectivity index (χ0) is 39.7. The second kappa shape index (κ2) is 22.9. The van der Waals surface area contributed by atoms with E-state index in [9.17, 15) is 45.6 Å². The molecule has 0 spiro atoms. The summed E-state index contributed by atoms with van der Waals surface area (Å²) in [5.41, 5.74) is 1.74. The van der Waals surface area contributed by atoms with E-state index < -0.39 is 80.7 Å². The fraction of sp³-hybridized carbons (Fsp3) is 0.575. The number of carbonyl (C=O) groups excluding carboxylic acids is 1. The van der Waals surface area contributed by atoms with E-state index in [-0.39, 0.29) is 5.91 Å². The Bertz CT molecular complexity index is 1560. The van der Waals surface area contributed by atoms with Crippen LogP contribution in [-0.2, 0) is 25.4 Å². The highest BCUT2D eigenvalue weighted by atomic mass is 16.7. The number of rotatable bonds is 21. The number of aliphatic hydroxyl groups is 8. The maximum atomic E-state index is 12.5. The number of carbonyl (C=O) groups is 1. The van der Waals surface area contributed by atoms with Gasteiger partial charge in [0.05, 0.1) is 19.3 Å². The van der Waals surface area contributed by atoms with Crippen LogP contribution in [0.15, 0.2) is 73.0 Å². The van der Waals surface area contributed by atoms with Crippen LogP contribution in [0.2, 0.25) is 0 Å². The topological polar surface area (TPSA) is 244 Å². The Morgan fingerprint density at radius 1 is 0.836 bits per heavy atom. The lowest BCUT2D eigenvalue weighted by atomic mass is 9.98. The van der Waals surface area contributed by atoms with Crippen molar-refractivity contribution >= 4 is 16.8 Å². The van der Waals surface area contributed by atoms with Crippen molar-refractivity contribution in [2.24, 2.45) is 0 Å². The fourth-order valence-corrected chi connectivity index (χ4v) is 6.20. The van der Waals surface area contributed by atoms with Crippen molar-refractivity contribution in [3.8, 4) is 5.75 Å². The van der Waals surface area contributed by atoms with Gasteiger partial charge >= 0.3 is 0 Å². The molecule has 2 aromatic rings. The molecule has 10 N–H and O–H groups in total. The Morgan fingerprint density at radius 2 is 1.47 bits per heavy atom. The van der Waals surface area contributed by atoms with Crippen LogP contribution in [0.25, 0.3) is 10.9 Å². The summed E-state index contributed by atoms with van der Waals surface area (Å²) >= 11 is 0. The molecule has 2 aliphatic rings. The molecule has 0 bridgehead atoms. The molecule has 1 unspecified atom stereocenters. The van der Waals surface area contributed by atoms with E-state index in [1.807, 2.05) is 12.3 Å². The lowest BCUT2D eigenvalue weighted by molar-refractivity contribution is -0.323. The first kappa shape index (κ1) is 44.3. The molecule has 1 amide bonds. The fourth-order valence-electron chi connectivity index (χ4n) is 6.20. The van der Waals surface area contributed by atoms with Gasteiger partial charge in [0.25, 0.3) is 0 Å². The van der Waals surface area contributed by atoms with Crippen molar-refractivity contribution in [3.63, 3.8) is 0 Å². The van der Waals surface area contributed by atoms with Gasteiger partial charge in [0.2, 0.25) is 12.2 Å². The number of nitrogens with one attached hydrogen (secondary N) is 2. The van der Waals surface area contributed by atoms with Crippen molar-refractivity contribution in [3.05, 3.63) is 78.6 Å². The number of allylic oxidation sites excluding steroid dienone is 7. The number of aliphatic hydroxyl groups excluding tert-OH is 8. The number of aromatic amines is 1. The molecule has 2 fully saturated rings. The van der Waals surface area contributed by atoms with Crippen LogP contribution in [0, 0.1) is 0 Å². The first-order chi connectivity index (χ1) is 26.5. The van der Waals surface area contributed by atoms with Crippen LogP contribution < -0.4 is 10.1 Å². The van der Waals surface area contributed by atoms with E-state index in [0.717, 1.165) is 55.0 Å². The van der Waals surface area contributed by atoms with E-state index in [0.29, 0.717) is 25.1 Å². The first-order valence-corrected chi connectivity index (χ1v) is 18.9. The highest BCUT2D eigenvalue weighted by Gasteiger charge is 2.47. The number of hydrogen-bond donors (Lipinski definition) is 10. The van der Waals surface area contributed by atoms with Crippen molar-refractivity contribution in [2.45, 2.75) is 126 Å². The average molecular weight is 775 g/mol. The third-order valence-corrected chi connectivity index (χ3v) is 9.41. The van der Waals surface area contributed by atoms with E-state index in [2.05, 4.69) is 46.8 Å². The predicted molar refractivity (Wildman–Crippen MR) is 203 cm³/mol. The molecular formula is C40H58N2O13. The Balaban J connectivity index is 1.17. The summed E-state index contributed by atoms with van der Waals surface area (Å²) < 4.78 is 22.5. The van der Waals surface area contributed by atoms with Crippen molar-refractivity contribution < 1.29 is 64.6 Å². The van der Waals surface area contributed by atoms with Gasteiger partial charge in [-0.15, -0.1) is 0 Å². The van der Waals surface area contributed by atoms with Gasteiger partial charge < -0.3 is 70.1 Å². The van der Waals surface area contributed by atoms with Gasteiger partial charge in [-0.05, 0) is 75.6 Å². The van der Waals surface area contributed by atoms with Gasteiger partial charge in [0, 0.05) is 30.1 Å². The summed E-state index contributed by atoms with van der Waals surface area (Å²) in [6, 6.07) is 5.15. The third kappa shape index (κ3) is 13.6. The van der Waals surface area contributed by atoms with Gasteiger partial charge in [-0.1, -0.05) is 48.6 Å². The Hall–Kier alpha value is -3.45. The smallest absolute Gasteiger partial charge is 0.229 e. The minimum absolute atomic E-state index is 0.0144. The standard InChI is InChI=1S/C40H58N2O13/c1-25(44)15-13-11-9-7-5-3-2-4-6-8-10-12-14-16-32(45)41-20-19-26-22-42-29-18-17-27(21-28(26)29)53-40-38(51)36(49)34(47)31(55-40)24-52-39-37(50)35(48)33(46)30(23-43)54-39/h2-3,6-9,13,15,17-18,21-22,25,30-31,33-40,42-44,46-51H,4-5,10-12,14,16,19-20,23-24H2,1H3,(H,41,45)/b3-2-,8-6-,9-7-,15-13-/t25?,30-,31-,33-,34-,35+,36+,37-,38-,39-,40-/m1/s1. The van der Waals surface area contributed by atoms with Crippen LogP contribution in [0.5, 0.6) is 5.75 Å². The molecule has 1 aromatic carbocycles. The molecule has 11 atom stereocenters. The quantitative estimate of drug-likeness (QED) is 0.0634. The van der Waals surface area contributed by atoms with Crippen LogP contribution in [0.3, 0.4) is 0 Å². The second-order valence-electron chi connectivity index (χ2n) is 13.8. The molecule has 0 aliphatic carbocycles. The van der Waals surface area contributed by atoms with Crippen molar-refractivity contribution in [1.29, 1.82) is 0 Å². The molecular weight excluding hydrogens is 716 g/mol. The monoisotopic (exact) mass is 774 g/mol. The average Bonchev–Trinajstić information content (AvgIpc) is 3.57. The van der Waals surface area contributed by atoms with E-state index in [4.69, 9.17) is 18.9 Å². The summed E-state index contributed by atoms with van der Waals surface area (Å²) in [7, 11) is 0. The highest BCUT2D eigenvalue weighted by molar-refractivity contribution is 5.84. The van der Waals surface area contributed by atoms with Gasteiger partial charge in [0.1, 0.15) is 54.6 Å². The number of fused-ring (bicyclic) bond motifs is 1. The van der Waals surface area contributed by atoms with E-state index in [1.54, 1.807) is 31.2 Å². The molecule has 15 nitrogen and oxygen atoms in total. The summed E-state index contributed by atoms with van der Waals surface area (Å²) in [6.45, 7) is 1.04. The number of benzene rings is 1. The number of amides is 1. The number of ether oxygens (including phenoxy) is 4. The number of hydrogen-bond acceptors (Lipinski definition) is 13.